The second-order valence-electron chi connectivity index (χ2n) is 3.13. The zero-order valence-electron chi connectivity index (χ0n) is 7.13. The van der Waals surface area contributed by atoms with Gasteiger partial charge < -0.3 is 4.90 Å². The molecule has 0 unspecified atom stereocenters. The molecule has 2 nitrogen and oxygen atoms in total. The van der Waals surface area contributed by atoms with Crippen LogP contribution in [-0.4, -0.2) is 18.1 Å². The number of pyridine rings is 1. The zero-order valence-corrected chi connectivity index (χ0v) is 8.65. The number of halogens is 2. The third kappa shape index (κ3) is 1.74. The topological polar surface area (TPSA) is 16.1 Å². The minimum absolute atomic E-state index is 0.395. The molecule has 1 fully saturated rings. The highest BCUT2D eigenvalue weighted by molar-refractivity contribution is 6.42. The maximum atomic E-state index is 6.04. The predicted molar refractivity (Wildman–Crippen MR) is 55.7 cm³/mol. The van der Waals surface area contributed by atoms with Crippen molar-refractivity contribution < 1.29 is 0 Å². The molecule has 4 heteroatoms. The summed E-state index contributed by atoms with van der Waals surface area (Å²) in [6.07, 6.45) is 4.16. The fourth-order valence-corrected chi connectivity index (χ4v) is 2.00. The van der Waals surface area contributed by atoms with E-state index in [0.717, 1.165) is 18.8 Å². The number of rotatable bonds is 1. The van der Waals surface area contributed by atoms with E-state index in [1.165, 1.54) is 12.8 Å². The standard InChI is InChI=1S/C9H10Cl2N2/c10-8-7(3-4-12-9(8)11)13-5-1-2-6-13/h3-4H,1-2,5-6H2. The SMILES string of the molecule is Clc1nccc(N2CCCC2)c1Cl. The molecule has 0 bridgehead atoms. The first-order valence-corrected chi connectivity index (χ1v) is 5.09. The van der Waals surface area contributed by atoms with Gasteiger partial charge in [-0.2, -0.15) is 0 Å². The molecule has 1 aromatic rings. The molecule has 1 aromatic heterocycles. The third-order valence-electron chi connectivity index (χ3n) is 2.27. The van der Waals surface area contributed by atoms with Crippen LogP contribution in [0.1, 0.15) is 12.8 Å². The van der Waals surface area contributed by atoms with Crippen molar-refractivity contribution in [3.63, 3.8) is 0 Å². The summed E-state index contributed by atoms with van der Waals surface area (Å²) in [5.74, 6) is 0. The molecule has 0 aliphatic carbocycles. The normalized spacial score (nSPS) is 16.6. The molecule has 13 heavy (non-hydrogen) atoms. The van der Waals surface area contributed by atoms with Gasteiger partial charge in [0.15, 0.2) is 0 Å². The average molecular weight is 217 g/mol. The number of hydrogen-bond donors (Lipinski definition) is 0. The van der Waals surface area contributed by atoms with Gasteiger partial charge in [-0.1, -0.05) is 23.2 Å². The minimum atomic E-state index is 0.395. The fraction of sp³-hybridized carbons (Fsp3) is 0.444. The van der Waals surface area contributed by atoms with Crippen LogP contribution in [-0.2, 0) is 0 Å². The van der Waals surface area contributed by atoms with E-state index in [9.17, 15) is 0 Å². The Hall–Kier alpha value is -0.470. The molecule has 0 saturated carbocycles. The Balaban J connectivity index is 2.33. The molecular weight excluding hydrogens is 207 g/mol. The monoisotopic (exact) mass is 216 g/mol. The van der Waals surface area contributed by atoms with Crippen molar-refractivity contribution in [1.29, 1.82) is 0 Å². The van der Waals surface area contributed by atoms with Crippen LogP contribution in [0.4, 0.5) is 5.69 Å². The van der Waals surface area contributed by atoms with Gasteiger partial charge in [-0.25, -0.2) is 4.98 Å². The summed E-state index contributed by atoms with van der Waals surface area (Å²) < 4.78 is 0. The third-order valence-corrected chi connectivity index (χ3v) is 3.03. The van der Waals surface area contributed by atoms with Crippen LogP contribution < -0.4 is 4.90 Å². The second kappa shape index (κ2) is 3.72. The van der Waals surface area contributed by atoms with Crippen molar-refractivity contribution in [2.45, 2.75) is 12.8 Å². The van der Waals surface area contributed by atoms with E-state index in [0.29, 0.717) is 10.2 Å². The van der Waals surface area contributed by atoms with Gasteiger partial charge in [0.05, 0.1) is 5.69 Å². The molecular formula is C9H10Cl2N2. The molecule has 0 amide bonds. The molecule has 0 radical (unpaired) electrons. The minimum Gasteiger partial charge on any atom is -0.370 e. The summed E-state index contributed by atoms with van der Waals surface area (Å²) in [6, 6.07) is 1.92. The number of nitrogens with zero attached hydrogens (tertiary/aromatic N) is 2. The van der Waals surface area contributed by atoms with Crippen molar-refractivity contribution in [1.82, 2.24) is 4.98 Å². The van der Waals surface area contributed by atoms with Crippen LogP contribution >= 0.6 is 23.2 Å². The smallest absolute Gasteiger partial charge is 0.149 e. The maximum Gasteiger partial charge on any atom is 0.149 e. The van der Waals surface area contributed by atoms with Crippen molar-refractivity contribution in [3.05, 3.63) is 22.4 Å². The van der Waals surface area contributed by atoms with Gasteiger partial charge in [0.25, 0.3) is 0 Å². The molecule has 1 saturated heterocycles. The number of anilines is 1. The largest absolute Gasteiger partial charge is 0.370 e. The van der Waals surface area contributed by atoms with Crippen LogP contribution in [0.5, 0.6) is 0 Å². The lowest BCUT2D eigenvalue weighted by atomic mass is 10.3. The summed E-state index contributed by atoms with van der Waals surface area (Å²) >= 11 is 11.9. The van der Waals surface area contributed by atoms with Crippen LogP contribution in [0.15, 0.2) is 12.3 Å². The second-order valence-corrected chi connectivity index (χ2v) is 3.87. The van der Waals surface area contributed by atoms with E-state index < -0.39 is 0 Å². The van der Waals surface area contributed by atoms with Crippen LogP contribution in [0.2, 0.25) is 10.2 Å². The highest BCUT2D eigenvalue weighted by atomic mass is 35.5. The lowest BCUT2D eigenvalue weighted by Crippen LogP contribution is -2.18. The molecule has 0 aromatic carbocycles. The van der Waals surface area contributed by atoms with E-state index in [1.54, 1.807) is 6.20 Å². The van der Waals surface area contributed by atoms with Crippen LogP contribution in [0, 0.1) is 0 Å². The van der Waals surface area contributed by atoms with Gasteiger partial charge in [-0.15, -0.1) is 0 Å². The van der Waals surface area contributed by atoms with Gasteiger partial charge in [-0.05, 0) is 18.9 Å². The highest BCUT2D eigenvalue weighted by Crippen LogP contribution is 2.32. The molecule has 0 atom stereocenters. The number of aromatic nitrogens is 1. The Kier molecular flexibility index (Phi) is 2.61. The average Bonchev–Trinajstić information content (AvgIpc) is 2.62. The Bertz CT molecular complexity index is 308. The molecule has 1 aliphatic rings. The predicted octanol–water partition coefficient (Wildman–Crippen LogP) is 2.99. The first-order valence-electron chi connectivity index (χ1n) is 4.34. The van der Waals surface area contributed by atoms with Gasteiger partial charge in [0, 0.05) is 19.3 Å². The highest BCUT2D eigenvalue weighted by Gasteiger charge is 2.16. The summed E-state index contributed by atoms with van der Waals surface area (Å²) in [6.45, 7) is 2.14. The maximum absolute atomic E-state index is 6.04. The molecule has 2 rings (SSSR count). The van der Waals surface area contributed by atoms with E-state index in [1.807, 2.05) is 6.07 Å². The Labute approximate surface area is 87.5 Å². The van der Waals surface area contributed by atoms with Crippen LogP contribution in [0.3, 0.4) is 0 Å². The summed E-state index contributed by atoms with van der Waals surface area (Å²) in [7, 11) is 0. The van der Waals surface area contributed by atoms with E-state index in [4.69, 9.17) is 23.2 Å². The fourth-order valence-electron chi connectivity index (χ4n) is 1.61. The van der Waals surface area contributed by atoms with Crippen LogP contribution in [0.25, 0.3) is 0 Å². The lowest BCUT2D eigenvalue weighted by molar-refractivity contribution is 0.949. The Morgan fingerprint density at radius 1 is 1.23 bits per heavy atom. The van der Waals surface area contributed by atoms with E-state index >= 15 is 0 Å². The quantitative estimate of drug-likeness (QED) is 0.672. The van der Waals surface area contributed by atoms with Crippen molar-refractivity contribution in [2.75, 3.05) is 18.0 Å². The van der Waals surface area contributed by atoms with Crippen molar-refractivity contribution >= 4 is 28.9 Å². The lowest BCUT2D eigenvalue weighted by Gasteiger charge is -2.18. The molecule has 0 N–H and O–H groups in total. The van der Waals surface area contributed by atoms with Crippen molar-refractivity contribution in [2.24, 2.45) is 0 Å². The summed E-state index contributed by atoms with van der Waals surface area (Å²) in [5, 5.41) is 0.970. The Morgan fingerprint density at radius 2 is 1.92 bits per heavy atom. The first-order chi connectivity index (χ1) is 6.29. The van der Waals surface area contributed by atoms with Gasteiger partial charge in [0.1, 0.15) is 10.2 Å². The van der Waals surface area contributed by atoms with Gasteiger partial charge >= 0.3 is 0 Å². The van der Waals surface area contributed by atoms with Crippen molar-refractivity contribution in [3.8, 4) is 0 Å². The molecule has 70 valence electrons. The van der Waals surface area contributed by atoms with Gasteiger partial charge in [-0.3, -0.25) is 0 Å². The molecule has 0 spiro atoms. The first kappa shape index (κ1) is 9.10. The summed E-state index contributed by atoms with van der Waals surface area (Å²) in [4.78, 5) is 6.16. The Morgan fingerprint density at radius 3 is 2.62 bits per heavy atom. The molecule has 1 aliphatic heterocycles. The zero-order chi connectivity index (χ0) is 9.26. The molecule has 2 heterocycles. The number of hydrogen-bond acceptors (Lipinski definition) is 2. The van der Waals surface area contributed by atoms with E-state index in [-0.39, 0.29) is 0 Å². The van der Waals surface area contributed by atoms with E-state index in [2.05, 4.69) is 9.88 Å². The van der Waals surface area contributed by atoms with Gasteiger partial charge in [0.2, 0.25) is 0 Å². The summed E-state index contributed by atoms with van der Waals surface area (Å²) in [5.41, 5.74) is 1.01.